The first-order chi connectivity index (χ1) is 5.74. The van der Waals surface area contributed by atoms with Gasteiger partial charge in [-0.3, -0.25) is 10.1 Å². The van der Waals surface area contributed by atoms with Gasteiger partial charge in [0, 0.05) is 12.2 Å². The molecule has 0 spiro atoms. The summed E-state index contributed by atoms with van der Waals surface area (Å²) in [6.45, 7) is 4.65. The van der Waals surface area contributed by atoms with Gasteiger partial charge in [-0.25, -0.2) is 0 Å². The van der Waals surface area contributed by atoms with Crippen molar-refractivity contribution in [3.8, 4) is 0 Å². The Hall–Kier alpha value is -1.39. The first-order valence-corrected chi connectivity index (χ1v) is 3.87. The van der Waals surface area contributed by atoms with Crippen LogP contribution < -0.4 is 5.43 Å². The summed E-state index contributed by atoms with van der Waals surface area (Å²) in [4.78, 5) is 0. The van der Waals surface area contributed by atoms with Gasteiger partial charge >= 0.3 is 0 Å². The second-order valence-corrected chi connectivity index (χ2v) is 2.83. The van der Waals surface area contributed by atoms with Crippen LogP contribution in [0.25, 0.3) is 0 Å². The van der Waals surface area contributed by atoms with E-state index in [0.29, 0.717) is 12.6 Å². The Morgan fingerprint density at radius 1 is 1.75 bits per heavy atom. The molecule has 0 bridgehead atoms. The molecule has 12 heavy (non-hydrogen) atoms. The highest BCUT2D eigenvalue weighted by Gasteiger charge is 2.00. The zero-order chi connectivity index (χ0) is 8.97. The van der Waals surface area contributed by atoms with Crippen molar-refractivity contribution in [2.24, 2.45) is 5.22 Å². The lowest BCUT2D eigenvalue weighted by Gasteiger charge is -2.03. The number of aromatic nitrogens is 2. The van der Waals surface area contributed by atoms with E-state index in [9.17, 15) is 0 Å². The SMILES string of the molecule is CC(C)n1ccc(CNN=N)n1. The van der Waals surface area contributed by atoms with Crippen LogP contribution in [0.2, 0.25) is 0 Å². The van der Waals surface area contributed by atoms with Crippen LogP contribution in [-0.4, -0.2) is 9.78 Å². The summed E-state index contributed by atoms with van der Waals surface area (Å²) in [6.07, 6.45) is 1.92. The molecule has 5 heteroatoms. The normalized spacial score (nSPS) is 10.2. The first kappa shape index (κ1) is 8.70. The molecular weight excluding hydrogens is 154 g/mol. The van der Waals surface area contributed by atoms with E-state index in [1.807, 2.05) is 16.9 Å². The monoisotopic (exact) mass is 167 g/mol. The minimum absolute atomic E-state index is 0.381. The van der Waals surface area contributed by atoms with Crippen molar-refractivity contribution in [1.29, 1.82) is 5.53 Å². The molecule has 0 saturated heterocycles. The maximum atomic E-state index is 6.52. The molecule has 1 aromatic rings. The zero-order valence-electron chi connectivity index (χ0n) is 7.28. The summed E-state index contributed by atoms with van der Waals surface area (Å²) in [5.74, 6) is 0. The van der Waals surface area contributed by atoms with Crippen LogP contribution in [-0.2, 0) is 6.54 Å². The second kappa shape index (κ2) is 3.85. The van der Waals surface area contributed by atoms with Crippen molar-refractivity contribution in [2.75, 3.05) is 0 Å². The van der Waals surface area contributed by atoms with Crippen molar-refractivity contribution in [1.82, 2.24) is 15.2 Å². The molecule has 0 amide bonds. The maximum Gasteiger partial charge on any atom is 0.0833 e. The molecule has 0 aliphatic heterocycles. The molecule has 1 heterocycles. The van der Waals surface area contributed by atoms with Gasteiger partial charge in [-0.15, -0.1) is 0 Å². The highest BCUT2D eigenvalue weighted by atomic mass is 15.4. The van der Waals surface area contributed by atoms with Crippen molar-refractivity contribution in [3.63, 3.8) is 0 Å². The molecule has 0 atom stereocenters. The topological polar surface area (TPSA) is 66.1 Å². The number of nitrogens with one attached hydrogen (secondary N) is 2. The Balaban J connectivity index is 2.58. The van der Waals surface area contributed by atoms with E-state index in [2.05, 4.69) is 29.6 Å². The third-order valence-corrected chi connectivity index (χ3v) is 1.53. The Kier molecular flexibility index (Phi) is 2.79. The Morgan fingerprint density at radius 3 is 3.00 bits per heavy atom. The van der Waals surface area contributed by atoms with Gasteiger partial charge in [-0.05, 0) is 19.9 Å². The molecule has 0 fully saturated rings. The summed E-state index contributed by atoms with van der Waals surface area (Å²) in [6, 6.07) is 2.30. The fraction of sp³-hybridized carbons (Fsp3) is 0.571. The predicted octanol–water partition coefficient (Wildman–Crippen LogP) is 1.50. The molecule has 0 aliphatic rings. The van der Waals surface area contributed by atoms with Crippen molar-refractivity contribution in [3.05, 3.63) is 18.0 Å². The average Bonchev–Trinajstić information content (AvgIpc) is 2.48. The van der Waals surface area contributed by atoms with Gasteiger partial charge in [0.25, 0.3) is 0 Å². The van der Waals surface area contributed by atoms with Crippen molar-refractivity contribution in [2.45, 2.75) is 26.4 Å². The quantitative estimate of drug-likeness (QED) is 0.527. The smallest absolute Gasteiger partial charge is 0.0833 e. The van der Waals surface area contributed by atoms with E-state index in [0.717, 1.165) is 5.69 Å². The van der Waals surface area contributed by atoms with Crippen LogP contribution in [0.5, 0.6) is 0 Å². The molecule has 0 radical (unpaired) electrons. The molecule has 1 aromatic heterocycles. The average molecular weight is 167 g/mol. The van der Waals surface area contributed by atoms with E-state index < -0.39 is 0 Å². The van der Waals surface area contributed by atoms with Gasteiger partial charge in [0.1, 0.15) is 0 Å². The lowest BCUT2D eigenvalue weighted by Crippen LogP contribution is -2.06. The molecular formula is C7H13N5. The third kappa shape index (κ3) is 2.05. The van der Waals surface area contributed by atoms with Gasteiger partial charge in [-0.1, -0.05) is 5.22 Å². The number of nitrogens with zero attached hydrogens (tertiary/aromatic N) is 3. The van der Waals surface area contributed by atoms with E-state index in [1.165, 1.54) is 0 Å². The summed E-state index contributed by atoms with van der Waals surface area (Å²) >= 11 is 0. The number of hydrogen-bond donors (Lipinski definition) is 2. The molecule has 0 unspecified atom stereocenters. The van der Waals surface area contributed by atoms with Crippen LogP contribution in [0, 0.1) is 5.53 Å². The summed E-state index contributed by atoms with van der Waals surface area (Å²) < 4.78 is 1.88. The standard InChI is InChI=1S/C7H13N5/c1-6(2)12-4-3-7(10-12)5-9-11-8/h3-4,6H,5H2,1-2H3,(H2,8,9). The summed E-state index contributed by atoms with van der Waals surface area (Å²) in [5.41, 5.74) is 9.96. The van der Waals surface area contributed by atoms with Crippen molar-refractivity contribution >= 4 is 0 Å². The third-order valence-electron chi connectivity index (χ3n) is 1.53. The van der Waals surface area contributed by atoms with E-state index in [4.69, 9.17) is 5.53 Å². The number of hydrogen-bond acceptors (Lipinski definition) is 3. The fourth-order valence-corrected chi connectivity index (χ4v) is 0.880. The van der Waals surface area contributed by atoms with Gasteiger partial charge < -0.3 is 0 Å². The minimum Gasteiger partial charge on any atom is -0.286 e. The molecule has 0 aliphatic carbocycles. The predicted molar refractivity (Wildman–Crippen MR) is 44.6 cm³/mol. The molecule has 0 saturated carbocycles. The Labute approximate surface area is 71.3 Å². The molecule has 2 N–H and O–H groups in total. The minimum atomic E-state index is 0.381. The Morgan fingerprint density at radius 2 is 2.50 bits per heavy atom. The summed E-state index contributed by atoms with van der Waals surface area (Å²) in [7, 11) is 0. The number of rotatable bonds is 4. The second-order valence-electron chi connectivity index (χ2n) is 2.83. The maximum absolute atomic E-state index is 6.52. The molecule has 0 aromatic carbocycles. The van der Waals surface area contributed by atoms with Crippen LogP contribution in [0.1, 0.15) is 25.6 Å². The molecule has 66 valence electrons. The van der Waals surface area contributed by atoms with Crippen LogP contribution in [0.3, 0.4) is 0 Å². The van der Waals surface area contributed by atoms with Gasteiger partial charge in [-0.2, -0.15) is 10.6 Å². The lowest BCUT2D eigenvalue weighted by atomic mass is 10.4. The molecule has 1 rings (SSSR count). The van der Waals surface area contributed by atoms with Gasteiger partial charge in [0.05, 0.1) is 12.2 Å². The van der Waals surface area contributed by atoms with E-state index >= 15 is 0 Å². The van der Waals surface area contributed by atoms with E-state index in [-0.39, 0.29) is 0 Å². The highest BCUT2D eigenvalue weighted by molar-refractivity contribution is 4.98. The molecule has 5 nitrogen and oxygen atoms in total. The largest absolute Gasteiger partial charge is 0.286 e. The highest BCUT2D eigenvalue weighted by Crippen LogP contribution is 2.03. The zero-order valence-corrected chi connectivity index (χ0v) is 7.28. The van der Waals surface area contributed by atoms with Crippen molar-refractivity contribution < 1.29 is 0 Å². The lowest BCUT2D eigenvalue weighted by molar-refractivity contribution is 0.521. The van der Waals surface area contributed by atoms with Gasteiger partial charge in [0.2, 0.25) is 0 Å². The van der Waals surface area contributed by atoms with Crippen LogP contribution in [0.15, 0.2) is 17.5 Å². The van der Waals surface area contributed by atoms with E-state index in [1.54, 1.807) is 0 Å². The fourth-order valence-electron chi connectivity index (χ4n) is 0.880. The summed E-state index contributed by atoms with van der Waals surface area (Å²) in [5, 5.41) is 7.29. The van der Waals surface area contributed by atoms with Crippen LogP contribution >= 0.6 is 0 Å². The Bertz CT molecular complexity index is 252. The first-order valence-electron chi connectivity index (χ1n) is 3.87. The van der Waals surface area contributed by atoms with Crippen LogP contribution in [0.4, 0.5) is 0 Å². The van der Waals surface area contributed by atoms with Gasteiger partial charge in [0.15, 0.2) is 0 Å².